The zero-order valence-corrected chi connectivity index (χ0v) is 21.4. The van der Waals surface area contributed by atoms with E-state index in [1.807, 2.05) is 71.6 Å². The molecule has 0 bridgehead atoms. The predicted molar refractivity (Wildman–Crippen MR) is 143 cm³/mol. The van der Waals surface area contributed by atoms with E-state index in [-0.39, 0.29) is 12.7 Å². The van der Waals surface area contributed by atoms with Gasteiger partial charge in [-0.05, 0) is 59.3 Å². The van der Waals surface area contributed by atoms with Gasteiger partial charge < -0.3 is 19.5 Å². The molecule has 3 aromatic carbocycles. The zero-order valence-electron chi connectivity index (χ0n) is 21.4. The number of fused-ring (bicyclic) bond motifs is 4. The van der Waals surface area contributed by atoms with Crippen molar-refractivity contribution >= 4 is 11.9 Å². The number of ether oxygens (including phenoxy) is 2. The average molecular weight is 513 g/mol. The third-order valence-corrected chi connectivity index (χ3v) is 8.22. The van der Waals surface area contributed by atoms with E-state index >= 15 is 0 Å². The maximum atomic E-state index is 12.9. The van der Waals surface area contributed by atoms with Crippen LogP contribution in [0.4, 0.5) is 0 Å². The Morgan fingerprint density at radius 2 is 1.47 bits per heavy atom. The first-order chi connectivity index (χ1) is 18.6. The molecule has 3 aromatic rings. The van der Waals surface area contributed by atoms with Crippen molar-refractivity contribution in [3.63, 3.8) is 0 Å². The fourth-order valence-electron chi connectivity index (χ4n) is 6.22. The molecule has 0 unspecified atom stereocenters. The number of carbonyl (C=O) groups is 2. The van der Waals surface area contributed by atoms with Gasteiger partial charge in [0.15, 0.2) is 11.5 Å². The van der Waals surface area contributed by atoms with Gasteiger partial charge in [0.25, 0.3) is 0 Å². The molecule has 6 rings (SSSR count). The second-order valence-corrected chi connectivity index (χ2v) is 10.3. The molecule has 0 spiro atoms. The van der Waals surface area contributed by atoms with Gasteiger partial charge in [0.1, 0.15) is 5.41 Å². The van der Waals surface area contributed by atoms with Gasteiger partial charge in [0, 0.05) is 26.2 Å². The Hall–Kier alpha value is -3.84. The Labute approximate surface area is 222 Å². The highest BCUT2D eigenvalue weighted by atomic mass is 16.7. The number of amides is 1. The smallest absolute Gasteiger partial charge is 0.318 e. The molecule has 1 fully saturated rings. The largest absolute Gasteiger partial charge is 0.480 e. The highest BCUT2D eigenvalue weighted by Gasteiger charge is 2.48. The van der Waals surface area contributed by atoms with Crippen molar-refractivity contribution < 1.29 is 24.2 Å². The summed E-state index contributed by atoms with van der Waals surface area (Å²) in [6.07, 6.45) is 2.67. The van der Waals surface area contributed by atoms with E-state index < -0.39 is 11.4 Å². The van der Waals surface area contributed by atoms with E-state index in [9.17, 15) is 14.7 Å². The predicted octanol–water partition coefficient (Wildman–Crippen LogP) is 4.32. The molecule has 0 saturated carbocycles. The molecule has 2 aliphatic heterocycles. The Morgan fingerprint density at radius 3 is 2.16 bits per heavy atom. The van der Waals surface area contributed by atoms with E-state index in [1.165, 1.54) is 0 Å². The Kier molecular flexibility index (Phi) is 6.54. The molecule has 1 amide bonds. The van der Waals surface area contributed by atoms with Crippen LogP contribution in [-0.4, -0.2) is 66.3 Å². The van der Waals surface area contributed by atoms with Gasteiger partial charge in [-0.1, -0.05) is 61.0 Å². The summed E-state index contributed by atoms with van der Waals surface area (Å²) in [6.45, 7) is 4.23. The van der Waals surface area contributed by atoms with Gasteiger partial charge in [-0.3, -0.25) is 14.5 Å². The van der Waals surface area contributed by atoms with Gasteiger partial charge in [0.05, 0.1) is 6.42 Å². The van der Waals surface area contributed by atoms with E-state index in [1.54, 1.807) is 0 Å². The summed E-state index contributed by atoms with van der Waals surface area (Å²) in [5.41, 5.74) is 3.82. The Bertz CT molecular complexity index is 1320. The fraction of sp³-hybridized carbons (Fsp3) is 0.355. The van der Waals surface area contributed by atoms with Crippen LogP contribution in [0.3, 0.4) is 0 Å². The van der Waals surface area contributed by atoms with Crippen LogP contribution in [0.15, 0.2) is 66.7 Å². The van der Waals surface area contributed by atoms with Crippen LogP contribution in [0, 0.1) is 0 Å². The van der Waals surface area contributed by atoms with Gasteiger partial charge in [-0.25, -0.2) is 0 Å². The van der Waals surface area contributed by atoms with Crippen molar-refractivity contribution in [2.75, 3.05) is 39.5 Å². The molecule has 0 atom stereocenters. The van der Waals surface area contributed by atoms with Crippen molar-refractivity contribution in [2.45, 2.75) is 31.1 Å². The summed E-state index contributed by atoms with van der Waals surface area (Å²) in [5.74, 6) is 0.787. The number of benzene rings is 3. The summed E-state index contributed by atoms with van der Waals surface area (Å²) in [5, 5.41) is 10.5. The number of piperazine rings is 1. The van der Waals surface area contributed by atoms with E-state index in [2.05, 4.69) is 4.90 Å². The minimum atomic E-state index is -0.993. The lowest BCUT2D eigenvalue weighted by Crippen LogP contribution is -2.49. The third kappa shape index (κ3) is 4.31. The lowest BCUT2D eigenvalue weighted by molar-refractivity contribution is -0.142. The fourth-order valence-corrected chi connectivity index (χ4v) is 6.22. The number of carbonyl (C=O) groups excluding carboxylic acids is 1. The minimum Gasteiger partial charge on any atom is -0.480 e. The third-order valence-electron chi connectivity index (χ3n) is 8.22. The standard InChI is InChI=1S/C31H32N2O5/c34-29(20-22-11-12-27-28(19-22)38-21-37-27)33-17-15-32(16-18-33)14-6-5-13-31(30(35)36)25-9-3-1-7-23(25)24-8-2-4-10-26(24)31/h1-4,7-12,19H,5-6,13-18,20-21H2,(H,35,36). The lowest BCUT2D eigenvalue weighted by Gasteiger charge is -2.35. The molecule has 38 heavy (non-hydrogen) atoms. The van der Waals surface area contributed by atoms with Crippen molar-refractivity contribution in [1.82, 2.24) is 9.80 Å². The summed E-state index contributed by atoms with van der Waals surface area (Å²) >= 11 is 0. The summed E-state index contributed by atoms with van der Waals surface area (Å²) in [4.78, 5) is 30.0. The van der Waals surface area contributed by atoms with Crippen LogP contribution in [0.5, 0.6) is 11.5 Å². The zero-order chi connectivity index (χ0) is 26.1. The summed E-state index contributed by atoms with van der Waals surface area (Å²) in [7, 11) is 0. The summed E-state index contributed by atoms with van der Waals surface area (Å²) < 4.78 is 10.8. The number of hydrogen-bond donors (Lipinski definition) is 1. The first-order valence-corrected chi connectivity index (χ1v) is 13.4. The van der Waals surface area contributed by atoms with Crippen LogP contribution in [0.1, 0.15) is 36.0 Å². The summed E-state index contributed by atoms with van der Waals surface area (Å²) in [6, 6.07) is 21.5. The maximum Gasteiger partial charge on any atom is 0.318 e. The number of nitrogens with zero attached hydrogens (tertiary/aromatic N) is 2. The Balaban J connectivity index is 1.02. The lowest BCUT2D eigenvalue weighted by atomic mass is 9.74. The average Bonchev–Trinajstić information content (AvgIpc) is 3.52. The number of carboxylic acid groups (broad SMARTS) is 1. The monoisotopic (exact) mass is 512 g/mol. The first-order valence-electron chi connectivity index (χ1n) is 13.4. The van der Waals surface area contributed by atoms with Gasteiger partial charge >= 0.3 is 5.97 Å². The molecule has 1 aliphatic carbocycles. The molecule has 196 valence electrons. The molecular formula is C31H32N2O5. The maximum absolute atomic E-state index is 12.9. The van der Waals surface area contributed by atoms with Crippen LogP contribution in [0.2, 0.25) is 0 Å². The van der Waals surface area contributed by atoms with Crippen LogP contribution in [-0.2, 0) is 21.4 Å². The highest BCUT2D eigenvalue weighted by Crippen LogP contribution is 2.51. The second kappa shape index (κ2) is 10.1. The number of hydrogen-bond acceptors (Lipinski definition) is 5. The molecular weight excluding hydrogens is 480 g/mol. The van der Waals surface area contributed by atoms with Crippen LogP contribution in [0.25, 0.3) is 11.1 Å². The highest BCUT2D eigenvalue weighted by molar-refractivity contribution is 5.97. The molecule has 7 heteroatoms. The van der Waals surface area contributed by atoms with Crippen LogP contribution < -0.4 is 9.47 Å². The number of unbranched alkanes of at least 4 members (excludes halogenated alkanes) is 1. The van der Waals surface area contributed by atoms with Crippen LogP contribution >= 0.6 is 0 Å². The van der Waals surface area contributed by atoms with Crippen molar-refractivity contribution in [3.05, 3.63) is 83.4 Å². The Morgan fingerprint density at radius 1 is 0.816 bits per heavy atom. The minimum absolute atomic E-state index is 0.130. The van der Waals surface area contributed by atoms with Crippen molar-refractivity contribution in [2.24, 2.45) is 0 Å². The normalized spacial score (nSPS) is 17.2. The molecule has 0 radical (unpaired) electrons. The number of carboxylic acids is 1. The second-order valence-electron chi connectivity index (χ2n) is 10.3. The number of rotatable bonds is 8. The van der Waals surface area contributed by atoms with Gasteiger partial charge in [0.2, 0.25) is 12.7 Å². The van der Waals surface area contributed by atoms with E-state index in [4.69, 9.17) is 9.47 Å². The van der Waals surface area contributed by atoms with Gasteiger partial charge in [-0.2, -0.15) is 0 Å². The SMILES string of the molecule is O=C(Cc1ccc2c(c1)OCO2)N1CCN(CCCCC2(C(=O)O)c3ccccc3-c3ccccc32)CC1. The van der Waals surface area contributed by atoms with Crippen molar-refractivity contribution in [1.29, 1.82) is 0 Å². The van der Waals surface area contributed by atoms with E-state index in [0.717, 1.165) is 66.0 Å². The van der Waals surface area contributed by atoms with Crippen molar-refractivity contribution in [3.8, 4) is 22.6 Å². The van der Waals surface area contributed by atoms with E-state index in [0.29, 0.717) is 31.7 Å². The molecule has 1 saturated heterocycles. The molecule has 7 nitrogen and oxygen atoms in total. The first kappa shape index (κ1) is 24.5. The molecule has 1 N–H and O–H groups in total. The molecule has 0 aromatic heterocycles. The number of aliphatic carboxylic acids is 1. The topological polar surface area (TPSA) is 79.3 Å². The molecule has 2 heterocycles. The molecule has 3 aliphatic rings. The van der Waals surface area contributed by atoms with Gasteiger partial charge in [-0.15, -0.1) is 0 Å². The quantitative estimate of drug-likeness (QED) is 0.453.